The summed E-state index contributed by atoms with van der Waals surface area (Å²) in [5.74, 6) is 1.91. The lowest BCUT2D eigenvalue weighted by Crippen LogP contribution is -2.29. The lowest BCUT2D eigenvalue weighted by Gasteiger charge is -2.21. The van der Waals surface area contributed by atoms with Crippen LogP contribution in [0.3, 0.4) is 0 Å². The Balaban J connectivity index is 1.35. The van der Waals surface area contributed by atoms with Crippen LogP contribution in [0.25, 0.3) is 0 Å². The Morgan fingerprint density at radius 3 is 2.17 bits per heavy atom. The van der Waals surface area contributed by atoms with E-state index < -0.39 is 0 Å². The molecule has 3 aliphatic rings. The second kappa shape index (κ2) is 4.36. The number of hydrogen-bond acceptors (Lipinski definition) is 2. The zero-order chi connectivity index (χ0) is 11.9. The van der Waals surface area contributed by atoms with Gasteiger partial charge in [-0.05, 0) is 30.2 Å². The van der Waals surface area contributed by atoms with Gasteiger partial charge in [-0.1, -0.05) is 30.3 Å². The number of likely N-dealkylation sites (tertiary alicyclic amines) is 2. The van der Waals surface area contributed by atoms with Gasteiger partial charge in [0.1, 0.15) is 0 Å². The molecule has 1 aliphatic carbocycles. The summed E-state index contributed by atoms with van der Waals surface area (Å²) in [6.07, 6.45) is 2.93. The van der Waals surface area contributed by atoms with Crippen LogP contribution in [0.1, 0.15) is 18.4 Å². The predicted octanol–water partition coefficient (Wildman–Crippen LogP) is 2.21. The van der Waals surface area contributed by atoms with E-state index in [4.69, 9.17) is 0 Å². The zero-order valence-corrected chi connectivity index (χ0v) is 11.0. The highest BCUT2D eigenvalue weighted by Gasteiger charge is 2.43. The van der Waals surface area contributed by atoms with Gasteiger partial charge in [-0.15, -0.1) is 0 Å². The first-order chi connectivity index (χ1) is 8.88. The molecule has 1 aromatic rings. The van der Waals surface area contributed by atoms with Crippen molar-refractivity contribution in [2.45, 2.75) is 25.4 Å². The van der Waals surface area contributed by atoms with E-state index in [0.717, 1.165) is 24.4 Å². The first kappa shape index (κ1) is 11.0. The third kappa shape index (κ3) is 2.08. The maximum atomic E-state index is 2.76. The van der Waals surface area contributed by atoms with E-state index in [1.165, 1.54) is 44.6 Å². The fourth-order valence-electron chi connectivity index (χ4n) is 3.84. The van der Waals surface area contributed by atoms with Crippen LogP contribution >= 0.6 is 0 Å². The average Bonchev–Trinajstić information content (AvgIpc) is 3.05. The number of hydrogen-bond donors (Lipinski definition) is 0. The number of nitrogens with zero attached hydrogens (tertiary/aromatic N) is 2. The van der Waals surface area contributed by atoms with Crippen LogP contribution in [0.2, 0.25) is 0 Å². The molecule has 0 spiro atoms. The maximum Gasteiger partial charge on any atom is 0.0233 e. The van der Waals surface area contributed by atoms with Gasteiger partial charge in [-0.25, -0.2) is 0 Å². The maximum absolute atomic E-state index is 2.76. The molecule has 96 valence electrons. The van der Waals surface area contributed by atoms with Crippen LogP contribution in [0, 0.1) is 11.8 Å². The molecule has 2 saturated heterocycles. The second-order valence-corrected chi connectivity index (χ2v) is 6.38. The standard InChI is InChI=1S/C16H22N2/c1-2-4-13(5-3-1)8-17-9-14-11-18(16-6-7-16)12-15(14)10-17/h1-5,14-16H,6-12H2/t14-,15+. The third-order valence-electron chi connectivity index (χ3n) is 4.90. The van der Waals surface area contributed by atoms with Crippen molar-refractivity contribution in [3.05, 3.63) is 35.9 Å². The van der Waals surface area contributed by atoms with E-state index in [1.807, 2.05) is 0 Å². The number of fused-ring (bicyclic) bond motifs is 1. The fourth-order valence-corrected chi connectivity index (χ4v) is 3.84. The smallest absolute Gasteiger partial charge is 0.0233 e. The first-order valence-electron chi connectivity index (χ1n) is 7.39. The average molecular weight is 242 g/mol. The van der Waals surface area contributed by atoms with Crippen molar-refractivity contribution in [1.29, 1.82) is 0 Å². The minimum Gasteiger partial charge on any atom is -0.300 e. The van der Waals surface area contributed by atoms with Crippen LogP contribution in [-0.4, -0.2) is 42.0 Å². The van der Waals surface area contributed by atoms with Gasteiger partial charge in [0, 0.05) is 38.8 Å². The Morgan fingerprint density at radius 2 is 1.56 bits per heavy atom. The normalized spacial score (nSPS) is 32.9. The Hall–Kier alpha value is -0.860. The molecule has 2 heterocycles. The molecule has 0 N–H and O–H groups in total. The first-order valence-corrected chi connectivity index (χ1v) is 7.39. The van der Waals surface area contributed by atoms with Crippen LogP contribution < -0.4 is 0 Å². The van der Waals surface area contributed by atoms with Gasteiger partial charge in [0.15, 0.2) is 0 Å². The molecule has 1 aromatic carbocycles. The molecule has 4 rings (SSSR count). The van der Waals surface area contributed by atoms with E-state index in [-0.39, 0.29) is 0 Å². The lowest BCUT2D eigenvalue weighted by molar-refractivity contribution is 0.245. The van der Waals surface area contributed by atoms with Gasteiger partial charge < -0.3 is 0 Å². The molecule has 0 radical (unpaired) electrons. The predicted molar refractivity (Wildman–Crippen MR) is 73.3 cm³/mol. The minimum absolute atomic E-state index is 0.953. The van der Waals surface area contributed by atoms with Crippen LogP contribution in [0.5, 0.6) is 0 Å². The molecule has 2 aliphatic heterocycles. The van der Waals surface area contributed by atoms with E-state index in [1.54, 1.807) is 0 Å². The molecule has 2 atom stereocenters. The van der Waals surface area contributed by atoms with Gasteiger partial charge in [-0.2, -0.15) is 0 Å². The number of rotatable bonds is 3. The summed E-state index contributed by atoms with van der Waals surface area (Å²) in [4.78, 5) is 5.42. The summed E-state index contributed by atoms with van der Waals surface area (Å²) < 4.78 is 0. The monoisotopic (exact) mass is 242 g/mol. The highest BCUT2D eigenvalue weighted by molar-refractivity contribution is 5.15. The van der Waals surface area contributed by atoms with E-state index in [9.17, 15) is 0 Å². The van der Waals surface area contributed by atoms with E-state index in [0.29, 0.717) is 0 Å². The summed E-state index contributed by atoms with van der Waals surface area (Å²) in [6, 6.07) is 11.9. The lowest BCUT2D eigenvalue weighted by atomic mass is 10.0. The van der Waals surface area contributed by atoms with E-state index in [2.05, 4.69) is 40.1 Å². The van der Waals surface area contributed by atoms with Gasteiger partial charge in [0.2, 0.25) is 0 Å². The SMILES string of the molecule is c1ccc(CN2C[C@@H]3CN(C4CC4)C[C@@H]3C2)cc1. The van der Waals surface area contributed by atoms with Gasteiger partial charge >= 0.3 is 0 Å². The number of benzene rings is 1. The van der Waals surface area contributed by atoms with Gasteiger partial charge in [-0.3, -0.25) is 9.80 Å². The quantitative estimate of drug-likeness (QED) is 0.802. The van der Waals surface area contributed by atoms with Crippen molar-refractivity contribution >= 4 is 0 Å². The van der Waals surface area contributed by atoms with Crippen molar-refractivity contribution in [3.8, 4) is 0 Å². The van der Waals surface area contributed by atoms with Crippen molar-refractivity contribution in [2.24, 2.45) is 11.8 Å². The molecule has 2 heteroatoms. The fraction of sp³-hybridized carbons (Fsp3) is 0.625. The Kier molecular flexibility index (Phi) is 2.66. The molecule has 0 unspecified atom stereocenters. The largest absolute Gasteiger partial charge is 0.300 e. The Morgan fingerprint density at radius 1 is 0.889 bits per heavy atom. The highest BCUT2D eigenvalue weighted by Crippen LogP contribution is 2.38. The van der Waals surface area contributed by atoms with Crippen molar-refractivity contribution in [3.63, 3.8) is 0 Å². The van der Waals surface area contributed by atoms with Gasteiger partial charge in [0.05, 0.1) is 0 Å². The highest BCUT2D eigenvalue weighted by atomic mass is 15.3. The zero-order valence-electron chi connectivity index (χ0n) is 11.0. The van der Waals surface area contributed by atoms with Crippen molar-refractivity contribution in [2.75, 3.05) is 26.2 Å². The van der Waals surface area contributed by atoms with Crippen LogP contribution in [0.15, 0.2) is 30.3 Å². The molecule has 0 aromatic heterocycles. The summed E-state index contributed by atoms with van der Waals surface area (Å²) in [5.41, 5.74) is 1.47. The molecule has 0 amide bonds. The molecular weight excluding hydrogens is 220 g/mol. The molecule has 2 nitrogen and oxygen atoms in total. The van der Waals surface area contributed by atoms with Crippen molar-refractivity contribution < 1.29 is 0 Å². The van der Waals surface area contributed by atoms with Crippen LogP contribution in [-0.2, 0) is 6.54 Å². The summed E-state index contributed by atoms with van der Waals surface area (Å²) in [7, 11) is 0. The van der Waals surface area contributed by atoms with E-state index >= 15 is 0 Å². The minimum atomic E-state index is 0.953. The second-order valence-electron chi connectivity index (χ2n) is 6.38. The Labute approximate surface area is 110 Å². The Bertz CT molecular complexity index is 398. The van der Waals surface area contributed by atoms with Gasteiger partial charge in [0.25, 0.3) is 0 Å². The molecule has 0 bridgehead atoms. The van der Waals surface area contributed by atoms with Crippen LogP contribution in [0.4, 0.5) is 0 Å². The molecule has 3 fully saturated rings. The third-order valence-corrected chi connectivity index (χ3v) is 4.90. The topological polar surface area (TPSA) is 6.48 Å². The summed E-state index contributed by atoms with van der Waals surface area (Å²) in [6.45, 7) is 6.55. The molecular formula is C16H22N2. The van der Waals surface area contributed by atoms with Crippen molar-refractivity contribution in [1.82, 2.24) is 9.80 Å². The summed E-state index contributed by atoms with van der Waals surface area (Å²) in [5, 5.41) is 0. The summed E-state index contributed by atoms with van der Waals surface area (Å²) >= 11 is 0. The molecule has 18 heavy (non-hydrogen) atoms. The molecule has 1 saturated carbocycles.